The second kappa shape index (κ2) is 9.45. The minimum atomic E-state index is -0.406. The van der Waals surface area contributed by atoms with Gasteiger partial charge in [-0.1, -0.05) is 11.6 Å². The second-order valence-electron chi connectivity index (χ2n) is 5.28. The van der Waals surface area contributed by atoms with Gasteiger partial charge >= 0.3 is 0 Å². The molecule has 0 radical (unpaired) electrons. The number of aromatic hydroxyl groups is 1. The lowest BCUT2D eigenvalue weighted by Crippen LogP contribution is -2.24. The van der Waals surface area contributed by atoms with E-state index in [1.54, 1.807) is 30.3 Å². The van der Waals surface area contributed by atoms with Crippen LogP contribution in [0.2, 0.25) is 5.02 Å². The number of hydrogen-bond donors (Lipinski definition) is 2. The number of halogens is 2. The van der Waals surface area contributed by atoms with Gasteiger partial charge in [0, 0.05) is 5.02 Å². The number of nitrogens with one attached hydrogen (secondary N) is 1. The number of ether oxygens (including phenoxy) is 2. The Kier molecular flexibility index (Phi) is 7.29. The number of carbonyl (C=O) groups is 1. The van der Waals surface area contributed by atoms with E-state index in [4.69, 9.17) is 21.1 Å². The molecule has 2 N–H and O–H groups in total. The summed E-state index contributed by atoms with van der Waals surface area (Å²) >= 11 is 9.18. The Bertz CT molecular complexity index is 827. The molecule has 0 atom stereocenters. The molecule has 2 aromatic carbocycles. The van der Waals surface area contributed by atoms with Crippen molar-refractivity contribution in [3.63, 3.8) is 0 Å². The van der Waals surface area contributed by atoms with E-state index in [-0.39, 0.29) is 12.4 Å². The predicted molar refractivity (Wildman–Crippen MR) is 104 cm³/mol. The number of aryl methyl sites for hydroxylation is 1. The van der Waals surface area contributed by atoms with Crippen molar-refractivity contribution in [1.82, 2.24) is 5.43 Å². The van der Waals surface area contributed by atoms with Crippen molar-refractivity contribution in [3.8, 4) is 17.2 Å². The van der Waals surface area contributed by atoms with E-state index in [1.165, 1.54) is 6.21 Å². The molecule has 2 rings (SSSR count). The van der Waals surface area contributed by atoms with Gasteiger partial charge < -0.3 is 14.6 Å². The van der Waals surface area contributed by atoms with Gasteiger partial charge in [0.15, 0.2) is 18.1 Å². The molecule has 0 bridgehead atoms. The Morgan fingerprint density at radius 1 is 1.35 bits per heavy atom. The molecule has 0 unspecified atom stereocenters. The van der Waals surface area contributed by atoms with Gasteiger partial charge in [-0.15, -0.1) is 0 Å². The molecule has 0 saturated heterocycles. The zero-order valence-electron chi connectivity index (χ0n) is 14.3. The first-order valence-corrected chi connectivity index (χ1v) is 8.94. The highest BCUT2D eigenvalue weighted by atomic mass is 79.9. The van der Waals surface area contributed by atoms with Crippen LogP contribution in [0.4, 0.5) is 0 Å². The molecule has 6 nitrogen and oxygen atoms in total. The third-order valence-electron chi connectivity index (χ3n) is 3.25. The first-order valence-electron chi connectivity index (χ1n) is 7.77. The lowest BCUT2D eigenvalue weighted by atomic mass is 10.2. The van der Waals surface area contributed by atoms with Gasteiger partial charge in [0.1, 0.15) is 5.75 Å². The molecule has 138 valence electrons. The van der Waals surface area contributed by atoms with Crippen molar-refractivity contribution < 1.29 is 19.4 Å². The molecular weight excluding hydrogens is 424 g/mol. The van der Waals surface area contributed by atoms with E-state index in [9.17, 15) is 9.90 Å². The van der Waals surface area contributed by atoms with Crippen LogP contribution in [-0.4, -0.2) is 30.4 Å². The predicted octanol–water partition coefficient (Wildman–Crippen LogP) is 4.04. The Balaban J connectivity index is 1.91. The van der Waals surface area contributed by atoms with Gasteiger partial charge in [0.25, 0.3) is 5.91 Å². The number of benzene rings is 2. The van der Waals surface area contributed by atoms with Crippen molar-refractivity contribution in [1.29, 1.82) is 0 Å². The van der Waals surface area contributed by atoms with Gasteiger partial charge in [-0.3, -0.25) is 4.79 Å². The highest BCUT2D eigenvalue weighted by molar-refractivity contribution is 9.10. The van der Waals surface area contributed by atoms with E-state index < -0.39 is 5.91 Å². The van der Waals surface area contributed by atoms with E-state index in [2.05, 4.69) is 26.5 Å². The maximum Gasteiger partial charge on any atom is 0.277 e. The monoisotopic (exact) mass is 440 g/mol. The molecule has 0 aliphatic carbocycles. The van der Waals surface area contributed by atoms with Gasteiger partial charge in [-0.2, -0.15) is 5.10 Å². The smallest absolute Gasteiger partial charge is 0.277 e. The molecule has 0 heterocycles. The summed E-state index contributed by atoms with van der Waals surface area (Å²) in [5, 5.41) is 14.4. The lowest BCUT2D eigenvalue weighted by Gasteiger charge is -2.08. The van der Waals surface area contributed by atoms with E-state index in [0.29, 0.717) is 33.2 Å². The first-order chi connectivity index (χ1) is 12.4. The molecule has 0 saturated carbocycles. The van der Waals surface area contributed by atoms with Crippen LogP contribution in [0.5, 0.6) is 17.2 Å². The van der Waals surface area contributed by atoms with Gasteiger partial charge in [-0.05, 0) is 71.2 Å². The van der Waals surface area contributed by atoms with Crippen molar-refractivity contribution >= 4 is 39.7 Å². The molecule has 0 spiro atoms. The summed E-state index contributed by atoms with van der Waals surface area (Å²) < 4.78 is 11.2. The molecule has 0 aliphatic heterocycles. The van der Waals surface area contributed by atoms with Crippen molar-refractivity contribution in [3.05, 3.63) is 51.0 Å². The molecule has 2 aromatic rings. The van der Waals surface area contributed by atoms with Crippen LogP contribution in [0.3, 0.4) is 0 Å². The Morgan fingerprint density at radius 2 is 2.12 bits per heavy atom. The first kappa shape index (κ1) is 20.1. The average Bonchev–Trinajstić information content (AvgIpc) is 2.60. The van der Waals surface area contributed by atoms with Crippen LogP contribution in [0, 0.1) is 6.92 Å². The maximum absolute atomic E-state index is 11.8. The summed E-state index contributed by atoms with van der Waals surface area (Å²) in [6.45, 7) is 3.91. The summed E-state index contributed by atoms with van der Waals surface area (Å²) in [5.74, 6) is 0.488. The van der Waals surface area contributed by atoms with Crippen LogP contribution < -0.4 is 14.9 Å². The third-order valence-corrected chi connectivity index (χ3v) is 4.28. The lowest BCUT2D eigenvalue weighted by molar-refractivity contribution is -0.123. The van der Waals surface area contributed by atoms with Gasteiger partial charge in [-0.25, -0.2) is 5.43 Å². The highest BCUT2D eigenvalue weighted by Gasteiger charge is 2.08. The number of carbonyl (C=O) groups excluding carboxylic acids is 1. The van der Waals surface area contributed by atoms with Crippen molar-refractivity contribution in [2.45, 2.75) is 13.8 Å². The molecule has 1 amide bonds. The number of phenolic OH excluding ortho intramolecular Hbond substituents is 1. The summed E-state index contributed by atoms with van der Waals surface area (Å²) in [4.78, 5) is 11.8. The Morgan fingerprint density at radius 3 is 2.81 bits per heavy atom. The van der Waals surface area contributed by atoms with E-state index >= 15 is 0 Å². The number of phenols is 1. The highest BCUT2D eigenvalue weighted by Crippen LogP contribution is 2.35. The third kappa shape index (κ3) is 5.64. The van der Waals surface area contributed by atoms with Crippen LogP contribution in [0.25, 0.3) is 0 Å². The van der Waals surface area contributed by atoms with E-state index in [0.717, 1.165) is 5.56 Å². The Hall–Kier alpha value is -2.25. The molecular formula is C18H18BrClN2O4. The van der Waals surface area contributed by atoms with Crippen LogP contribution in [0.1, 0.15) is 18.1 Å². The quantitative estimate of drug-likeness (QED) is 0.502. The number of hydrazone groups is 1. The van der Waals surface area contributed by atoms with Crippen LogP contribution in [-0.2, 0) is 4.79 Å². The SMILES string of the molecule is CCOc1cc(/C=N/NC(=O)COc2ccc(Cl)c(C)c2)cc(Br)c1O. The van der Waals surface area contributed by atoms with Gasteiger partial charge in [0.05, 0.1) is 17.3 Å². The Labute approximate surface area is 164 Å². The largest absolute Gasteiger partial charge is 0.503 e. The van der Waals surface area contributed by atoms with Crippen LogP contribution >= 0.6 is 27.5 Å². The zero-order chi connectivity index (χ0) is 19.1. The molecule has 0 fully saturated rings. The summed E-state index contributed by atoms with van der Waals surface area (Å²) in [6, 6.07) is 8.42. The summed E-state index contributed by atoms with van der Waals surface area (Å²) in [5.41, 5.74) is 3.89. The van der Waals surface area contributed by atoms with E-state index in [1.807, 2.05) is 13.8 Å². The van der Waals surface area contributed by atoms with Crippen LogP contribution in [0.15, 0.2) is 39.9 Å². The molecule has 8 heteroatoms. The topological polar surface area (TPSA) is 80.2 Å². The summed E-state index contributed by atoms with van der Waals surface area (Å²) in [6.07, 6.45) is 1.44. The maximum atomic E-state index is 11.8. The average molecular weight is 442 g/mol. The minimum Gasteiger partial charge on any atom is -0.503 e. The van der Waals surface area contributed by atoms with Gasteiger partial charge in [0.2, 0.25) is 0 Å². The van der Waals surface area contributed by atoms with Crippen molar-refractivity contribution in [2.75, 3.05) is 13.2 Å². The fraction of sp³-hybridized carbons (Fsp3) is 0.222. The fourth-order valence-electron chi connectivity index (χ4n) is 2.00. The normalized spacial score (nSPS) is 10.8. The second-order valence-corrected chi connectivity index (χ2v) is 6.54. The molecule has 26 heavy (non-hydrogen) atoms. The number of nitrogens with zero attached hydrogens (tertiary/aromatic N) is 1. The van der Waals surface area contributed by atoms with Crippen molar-refractivity contribution in [2.24, 2.45) is 5.10 Å². The number of hydrogen-bond acceptors (Lipinski definition) is 5. The summed E-state index contributed by atoms with van der Waals surface area (Å²) in [7, 11) is 0. The minimum absolute atomic E-state index is 0.0136. The molecule has 0 aliphatic rings. The standard InChI is InChI=1S/C18H18BrClN2O4/c1-3-25-16-8-12(7-14(19)18(16)24)9-21-22-17(23)10-26-13-4-5-15(20)11(2)6-13/h4-9,24H,3,10H2,1-2H3,(H,22,23)/b21-9+. The zero-order valence-corrected chi connectivity index (χ0v) is 16.6. The number of rotatable bonds is 7. The number of amides is 1. The molecule has 0 aromatic heterocycles. The fourth-order valence-corrected chi connectivity index (χ4v) is 2.58.